The van der Waals surface area contributed by atoms with Crippen molar-refractivity contribution in [3.63, 3.8) is 0 Å². The topological polar surface area (TPSA) is 0 Å². The van der Waals surface area contributed by atoms with Crippen LogP contribution in [0.2, 0.25) is 13.1 Å². The van der Waals surface area contributed by atoms with E-state index in [1.165, 1.54) is 99.4 Å². The molecule has 8 rings (SSSR count). The predicted octanol–water partition coefficient (Wildman–Crippen LogP) is 17.0. The summed E-state index contributed by atoms with van der Waals surface area (Å²) in [6.45, 7) is 26.7. The maximum absolute atomic E-state index is 2.41. The van der Waals surface area contributed by atoms with Crippen LogP contribution in [0, 0.1) is 38.5 Å². The maximum Gasteiger partial charge on any atom is 2.00 e. The Bertz CT molecular complexity index is 2250. The van der Waals surface area contributed by atoms with E-state index >= 15 is 0 Å². The fourth-order valence-electron chi connectivity index (χ4n) is 8.09. The molecule has 2 radical (unpaired) electrons. The summed E-state index contributed by atoms with van der Waals surface area (Å²) in [5.74, 6) is 0. The fourth-order valence-corrected chi connectivity index (χ4v) is 8.09. The van der Waals surface area contributed by atoms with Gasteiger partial charge in [-0.2, -0.15) is 12.1 Å². The summed E-state index contributed by atoms with van der Waals surface area (Å²) in [6.07, 6.45) is 2.17. The van der Waals surface area contributed by atoms with Gasteiger partial charge in [-0.15, -0.1) is 44.8 Å². The molecular formula is C58H64SiZr. The fraction of sp³-hybridized carbons (Fsp3) is 0.276. The second kappa shape index (κ2) is 20.0. The van der Waals surface area contributed by atoms with E-state index in [1.807, 2.05) is 0 Å². The minimum atomic E-state index is 0. The normalized spacial score (nSPS) is 11.4. The van der Waals surface area contributed by atoms with Gasteiger partial charge in [0.2, 0.25) is 0 Å². The molecule has 0 N–H and O–H groups in total. The van der Waals surface area contributed by atoms with Crippen molar-refractivity contribution in [3.8, 4) is 44.5 Å². The van der Waals surface area contributed by atoms with Crippen molar-refractivity contribution in [1.82, 2.24) is 0 Å². The Morgan fingerprint density at radius 2 is 0.617 bits per heavy atom. The largest absolute Gasteiger partial charge is 2.00 e. The van der Waals surface area contributed by atoms with Crippen LogP contribution in [0.15, 0.2) is 146 Å². The Kier molecular flexibility index (Phi) is 15.6. The van der Waals surface area contributed by atoms with Gasteiger partial charge in [0.25, 0.3) is 0 Å². The summed E-state index contributed by atoms with van der Waals surface area (Å²) >= 11 is 0. The van der Waals surface area contributed by atoms with E-state index < -0.39 is 0 Å². The van der Waals surface area contributed by atoms with E-state index in [2.05, 4.69) is 228 Å². The van der Waals surface area contributed by atoms with Crippen molar-refractivity contribution < 1.29 is 26.2 Å². The van der Waals surface area contributed by atoms with Gasteiger partial charge < -0.3 is 0 Å². The first-order valence-electron chi connectivity index (χ1n) is 21.3. The zero-order valence-corrected chi connectivity index (χ0v) is 41.7. The molecular weight excluding hydrogens is 816 g/mol. The molecule has 8 aromatic carbocycles. The second-order valence-electron chi connectivity index (χ2n) is 19.1. The summed E-state index contributed by atoms with van der Waals surface area (Å²) < 4.78 is 0. The summed E-state index contributed by atoms with van der Waals surface area (Å²) in [5.41, 5.74) is 19.1. The Morgan fingerprint density at radius 3 is 0.867 bits per heavy atom. The second-order valence-corrected chi connectivity index (χ2v) is 20.1. The van der Waals surface area contributed by atoms with E-state index in [1.54, 1.807) is 0 Å². The minimum Gasteiger partial charge on any atom is -0.164 e. The maximum atomic E-state index is 2.41. The van der Waals surface area contributed by atoms with Crippen molar-refractivity contribution in [2.24, 2.45) is 10.8 Å². The van der Waals surface area contributed by atoms with Crippen molar-refractivity contribution in [3.05, 3.63) is 179 Å². The van der Waals surface area contributed by atoms with Gasteiger partial charge in [0.05, 0.1) is 0 Å². The molecule has 0 aliphatic carbocycles. The number of aryl methyl sites for hydroxylation is 4. The zero-order chi connectivity index (χ0) is 42.5. The number of benzene rings is 6. The first kappa shape index (κ1) is 46.7. The Balaban J connectivity index is 0.000000210. The van der Waals surface area contributed by atoms with Crippen LogP contribution in [0.4, 0.5) is 0 Å². The number of hydrogen-bond donors (Lipinski definition) is 0. The molecule has 0 nitrogen and oxygen atoms in total. The van der Waals surface area contributed by atoms with Crippen LogP contribution in [-0.4, -0.2) is 9.52 Å². The molecule has 0 bridgehead atoms. The summed E-state index contributed by atoms with van der Waals surface area (Å²) in [6, 6.07) is 54.4. The van der Waals surface area contributed by atoms with Gasteiger partial charge in [0.1, 0.15) is 0 Å². The smallest absolute Gasteiger partial charge is 0.164 e. The summed E-state index contributed by atoms with van der Waals surface area (Å²) in [4.78, 5) is 0. The molecule has 0 atom stereocenters. The Morgan fingerprint density at radius 1 is 0.383 bits per heavy atom. The minimum absolute atomic E-state index is 0. The van der Waals surface area contributed by atoms with Gasteiger partial charge >= 0.3 is 26.2 Å². The molecule has 0 amide bonds. The molecule has 0 fully saturated rings. The SMILES string of the molecule is C[Si]C.Cc1ccc(-c2ccc(-c3ccc(C)cc3)c3[cH-]c(CC(C)(C)C)cc23)cc1.Cc1ccc(-c2ccc(-c3ccc(C)cc3)c3[cH-]c(CC(C)(C)C)cc23)cc1.[Zr+2]. The van der Waals surface area contributed by atoms with Gasteiger partial charge in [-0.3, -0.25) is 0 Å². The monoisotopic (exact) mass is 878 g/mol. The van der Waals surface area contributed by atoms with E-state index in [-0.39, 0.29) is 37.0 Å². The van der Waals surface area contributed by atoms with Gasteiger partial charge in [0.15, 0.2) is 0 Å². The van der Waals surface area contributed by atoms with Crippen LogP contribution in [-0.2, 0) is 39.0 Å². The van der Waals surface area contributed by atoms with Crippen molar-refractivity contribution in [2.75, 3.05) is 0 Å². The van der Waals surface area contributed by atoms with Crippen molar-refractivity contribution in [1.29, 1.82) is 0 Å². The molecule has 8 aromatic rings. The molecule has 60 heavy (non-hydrogen) atoms. The first-order valence-corrected chi connectivity index (χ1v) is 23.3. The first-order chi connectivity index (χ1) is 28.0. The Hall–Kier alpha value is -4.36. The van der Waals surface area contributed by atoms with Crippen LogP contribution in [0.5, 0.6) is 0 Å². The molecule has 304 valence electrons. The van der Waals surface area contributed by atoms with Crippen LogP contribution < -0.4 is 0 Å². The molecule has 0 saturated heterocycles. The van der Waals surface area contributed by atoms with E-state index in [0.29, 0.717) is 0 Å². The standard InChI is InChI=1S/2C28H29.C2H6Si.Zr/c2*1-19-6-10-22(11-7-19)24-14-15-25(23-12-8-20(2)9-13-23)27-17-21(16-26(24)27)18-28(3,4)5;1-3-2;/h2*6-17H,18H2,1-5H3;1-2H3;/q2*-1;;+2. The third kappa shape index (κ3) is 11.9. The molecule has 0 unspecified atom stereocenters. The summed E-state index contributed by atoms with van der Waals surface area (Å²) in [7, 11) is 1.08. The molecule has 2 heteroatoms. The molecule has 0 spiro atoms. The van der Waals surface area contributed by atoms with Crippen LogP contribution in [0.25, 0.3) is 66.1 Å². The van der Waals surface area contributed by atoms with E-state index in [4.69, 9.17) is 0 Å². The van der Waals surface area contributed by atoms with Crippen molar-refractivity contribution >= 4 is 31.1 Å². The zero-order valence-electron chi connectivity index (χ0n) is 38.3. The van der Waals surface area contributed by atoms with Crippen molar-refractivity contribution in [2.45, 2.75) is 95.2 Å². The van der Waals surface area contributed by atoms with Gasteiger partial charge in [-0.1, -0.05) is 232 Å². The average Bonchev–Trinajstić information content (AvgIpc) is 3.79. The van der Waals surface area contributed by atoms with Crippen LogP contribution in [0.1, 0.15) is 74.9 Å². The van der Waals surface area contributed by atoms with Crippen LogP contribution in [0.3, 0.4) is 0 Å². The third-order valence-corrected chi connectivity index (χ3v) is 10.8. The average molecular weight is 880 g/mol. The van der Waals surface area contributed by atoms with Gasteiger partial charge in [-0.25, -0.2) is 0 Å². The van der Waals surface area contributed by atoms with Gasteiger partial charge in [-0.05, 0) is 62.5 Å². The molecule has 0 saturated carbocycles. The number of hydrogen-bond acceptors (Lipinski definition) is 0. The number of rotatable bonds is 6. The number of fused-ring (bicyclic) bond motifs is 2. The summed E-state index contributed by atoms with van der Waals surface area (Å²) in [5, 5.41) is 5.45. The van der Waals surface area contributed by atoms with Crippen LogP contribution >= 0.6 is 0 Å². The Labute approximate surface area is 384 Å². The molecule has 0 aliphatic rings. The molecule has 0 aromatic heterocycles. The van der Waals surface area contributed by atoms with E-state index in [0.717, 1.165) is 22.4 Å². The van der Waals surface area contributed by atoms with Gasteiger partial charge in [0, 0.05) is 9.52 Å². The molecule has 0 aliphatic heterocycles. The predicted molar refractivity (Wildman–Crippen MR) is 264 cm³/mol. The quantitative estimate of drug-likeness (QED) is 0.115. The molecule has 0 heterocycles. The third-order valence-electron chi connectivity index (χ3n) is 10.8. The van der Waals surface area contributed by atoms with E-state index in [9.17, 15) is 0 Å².